The molecule has 9 nitrogen and oxygen atoms in total. The van der Waals surface area contributed by atoms with Gasteiger partial charge in [0.25, 0.3) is 5.91 Å². The van der Waals surface area contributed by atoms with Gasteiger partial charge in [0, 0.05) is 12.1 Å². The van der Waals surface area contributed by atoms with E-state index in [-0.39, 0.29) is 16.9 Å². The molecule has 1 fully saturated rings. The number of anilines is 2. The Kier molecular flexibility index (Phi) is 8.30. The Balaban J connectivity index is 2.06. The molecular weight excluding hydrogens is 493 g/mol. The molecule has 0 saturated carbocycles. The summed E-state index contributed by atoms with van der Waals surface area (Å²) >= 11 is 5.79. The van der Waals surface area contributed by atoms with Gasteiger partial charge < -0.3 is 25.8 Å². The monoisotopic (exact) mass is 514 g/mol. The molecule has 188 valence electrons. The molecule has 2 amide bonds. The number of aliphatic hydroxyl groups is 1. The summed E-state index contributed by atoms with van der Waals surface area (Å²) in [6, 6.07) is 4.98. The number of piperidine rings is 1. The smallest absolute Gasteiger partial charge is 0.418 e. The number of aliphatic hydroxyl groups excluding tert-OH is 1. The highest BCUT2D eigenvalue weighted by Gasteiger charge is 2.42. The van der Waals surface area contributed by atoms with Gasteiger partial charge in [0.2, 0.25) is 5.91 Å². The van der Waals surface area contributed by atoms with E-state index in [1.54, 1.807) is 0 Å². The van der Waals surface area contributed by atoms with E-state index in [1.807, 2.05) is 0 Å². The topological polar surface area (TPSA) is 130 Å². The molecule has 1 aliphatic heterocycles. The lowest BCUT2D eigenvalue weighted by Gasteiger charge is -2.24. The van der Waals surface area contributed by atoms with Gasteiger partial charge in [0.15, 0.2) is 5.75 Å². The van der Waals surface area contributed by atoms with Gasteiger partial charge in [-0.2, -0.15) is 13.2 Å². The second-order valence-corrected chi connectivity index (χ2v) is 8.27. The van der Waals surface area contributed by atoms with Crippen LogP contribution in [0.25, 0.3) is 0 Å². The molecule has 3 rings (SSSR count). The number of carbonyl (C=O) groups is 3. The predicted octanol–water partition coefficient (Wildman–Crippen LogP) is 3.45. The third-order valence-corrected chi connectivity index (χ3v) is 5.44. The number of hydrogen-bond donors (Lipinski definition) is 4. The molecule has 1 atom stereocenters. The Morgan fingerprint density at radius 3 is 2.46 bits per heavy atom. The van der Waals surface area contributed by atoms with E-state index >= 15 is 0 Å². The SMILES string of the molecule is CC(O)c1cc(OC(=O)C(F)(F)F)c(NC(=O)C2CCNCC2)c(C(=O)Nc2ccc(Cl)cn2)c1. The first-order chi connectivity index (χ1) is 16.5. The van der Waals surface area contributed by atoms with Crippen LogP contribution in [0.2, 0.25) is 5.02 Å². The number of ether oxygens (including phenoxy) is 1. The third-order valence-electron chi connectivity index (χ3n) is 5.21. The first kappa shape index (κ1) is 26.4. The summed E-state index contributed by atoms with van der Waals surface area (Å²) < 4.78 is 43.4. The number of hydrogen-bond acceptors (Lipinski definition) is 7. The molecular formula is C22H22ClF3N4O5. The van der Waals surface area contributed by atoms with Crippen LogP contribution >= 0.6 is 11.6 Å². The number of amides is 2. The average Bonchev–Trinajstić information content (AvgIpc) is 2.81. The van der Waals surface area contributed by atoms with Crippen molar-refractivity contribution in [3.63, 3.8) is 0 Å². The van der Waals surface area contributed by atoms with E-state index in [2.05, 4.69) is 25.7 Å². The van der Waals surface area contributed by atoms with Crippen LogP contribution in [-0.2, 0) is 9.59 Å². The minimum absolute atomic E-state index is 0.0240. The summed E-state index contributed by atoms with van der Waals surface area (Å²) in [5.41, 5.74) is -0.807. The number of rotatable bonds is 6. The minimum Gasteiger partial charge on any atom is -0.418 e. The zero-order valence-electron chi connectivity index (χ0n) is 18.4. The maximum atomic E-state index is 13.1. The van der Waals surface area contributed by atoms with Crippen LogP contribution in [0, 0.1) is 5.92 Å². The predicted molar refractivity (Wildman–Crippen MR) is 120 cm³/mol. The molecule has 0 spiro atoms. The van der Waals surface area contributed by atoms with Gasteiger partial charge in [-0.15, -0.1) is 0 Å². The van der Waals surface area contributed by atoms with Crippen LogP contribution in [0.3, 0.4) is 0 Å². The fourth-order valence-corrected chi connectivity index (χ4v) is 3.48. The van der Waals surface area contributed by atoms with E-state index in [4.69, 9.17) is 11.6 Å². The molecule has 0 aliphatic carbocycles. The normalized spacial score (nSPS) is 15.3. The van der Waals surface area contributed by atoms with Crippen molar-refractivity contribution < 1.29 is 37.4 Å². The van der Waals surface area contributed by atoms with Crippen LogP contribution < -0.4 is 20.7 Å². The molecule has 35 heavy (non-hydrogen) atoms. The lowest BCUT2D eigenvalue weighted by atomic mass is 9.96. The number of aromatic nitrogens is 1. The van der Waals surface area contributed by atoms with Crippen molar-refractivity contribution in [2.45, 2.75) is 32.0 Å². The van der Waals surface area contributed by atoms with E-state index < -0.39 is 47.4 Å². The molecule has 1 aromatic heterocycles. The van der Waals surface area contributed by atoms with Crippen LogP contribution in [0.15, 0.2) is 30.5 Å². The Hall–Kier alpha value is -3.22. The Morgan fingerprint density at radius 1 is 1.20 bits per heavy atom. The summed E-state index contributed by atoms with van der Waals surface area (Å²) in [7, 11) is 0. The second-order valence-electron chi connectivity index (χ2n) is 7.83. The van der Waals surface area contributed by atoms with E-state index in [1.165, 1.54) is 31.3 Å². The first-order valence-electron chi connectivity index (χ1n) is 10.5. The number of nitrogens with zero attached hydrogens (tertiary/aromatic N) is 1. The highest BCUT2D eigenvalue weighted by atomic mass is 35.5. The van der Waals surface area contributed by atoms with E-state index in [0.29, 0.717) is 31.0 Å². The minimum atomic E-state index is -5.34. The average molecular weight is 515 g/mol. The third kappa shape index (κ3) is 6.90. The Labute approximate surface area is 203 Å². The molecule has 13 heteroatoms. The maximum Gasteiger partial charge on any atom is 0.491 e. The van der Waals surface area contributed by atoms with Crippen LogP contribution in [0.1, 0.15) is 41.8 Å². The molecule has 0 bridgehead atoms. The Bertz CT molecular complexity index is 1100. The largest absolute Gasteiger partial charge is 0.491 e. The molecule has 1 aromatic carbocycles. The second kappa shape index (κ2) is 11.0. The summed E-state index contributed by atoms with van der Waals surface area (Å²) in [6.07, 6.45) is -4.39. The lowest BCUT2D eigenvalue weighted by Crippen LogP contribution is -2.35. The fraction of sp³-hybridized carbons (Fsp3) is 0.364. The highest BCUT2D eigenvalue weighted by molar-refractivity contribution is 6.30. The number of alkyl halides is 3. The van der Waals surface area contributed by atoms with Gasteiger partial charge in [0.05, 0.1) is 22.4 Å². The number of nitrogens with one attached hydrogen (secondary N) is 3. The first-order valence-corrected chi connectivity index (χ1v) is 10.9. The van der Waals surface area contributed by atoms with Gasteiger partial charge in [-0.1, -0.05) is 11.6 Å². The van der Waals surface area contributed by atoms with Gasteiger partial charge in [-0.3, -0.25) is 9.59 Å². The van der Waals surface area contributed by atoms with E-state index in [0.717, 1.165) is 6.07 Å². The van der Waals surface area contributed by atoms with Crippen LogP contribution in [0.4, 0.5) is 24.7 Å². The van der Waals surface area contributed by atoms with Gasteiger partial charge in [0.1, 0.15) is 5.82 Å². The molecule has 1 saturated heterocycles. The maximum absolute atomic E-state index is 13.1. The number of pyridine rings is 1. The molecule has 1 aliphatic rings. The number of esters is 1. The molecule has 2 aromatic rings. The van der Waals surface area contributed by atoms with Crippen molar-refractivity contribution in [1.29, 1.82) is 0 Å². The molecule has 2 heterocycles. The number of carbonyl (C=O) groups excluding carboxylic acids is 3. The molecule has 1 unspecified atom stereocenters. The van der Waals surface area contributed by atoms with Gasteiger partial charge in [-0.25, -0.2) is 9.78 Å². The van der Waals surface area contributed by atoms with Gasteiger partial charge in [-0.05, 0) is 62.7 Å². The van der Waals surface area contributed by atoms with Crippen molar-refractivity contribution in [1.82, 2.24) is 10.3 Å². The number of benzene rings is 1. The standard InChI is InChI=1S/C22H22ClF3N4O5/c1-11(31)13-8-15(20(33)29-17-3-2-14(23)10-28-17)18(16(9-13)35-21(34)22(24,25)26)30-19(32)12-4-6-27-7-5-12/h2-3,8-12,27,31H,4-7H2,1H3,(H,30,32)(H,28,29,33). The molecule has 4 N–H and O–H groups in total. The zero-order valence-corrected chi connectivity index (χ0v) is 19.2. The van der Waals surface area contributed by atoms with Crippen molar-refractivity contribution in [3.05, 3.63) is 46.6 Å². The summed E-state index contributed by atoms with van der Waals surface area (Å²) in [6.45, 7) is 2.43. The Morgan fingerprint density at radius 2 is 1.89 bits per heavy atom. The number of halogens is 4. The quantitative estimate of drug-likeness (QED) is 0.343. The zero-order chi connectivity index (χ0) is 25.8. The fourth-order valence-electron chi connectivity index (χ4n) is 3.37. The van der Waals surface area contributed by atoms with Crippen molar-refractivity contribution in [2.24, 2.45) is 5.92 Å². The van der Waals surface area contributed by atoms with Gasteiger partial charge >= 0.3 is 12.1 Å². The highest BCUT2D eigenvalue weighted by Crippen LogP contribution is 2.35. The van der Waals surface area contributed by atoms with Crippen molar-refractivity contribution >= 4 is 40.9 Å². The summed E-state index contributed by atoms with van der Waals surface area (Å²) in [5.74, 6) is -5.14. The van der Waals surface area contributed by atoms with Crippen LogP contribution in [0.5, 0.6) is 5.75 Å². The van der Waals surface area contributed by atoms with Crippen molar-refractivity contribution in [2.75, 3.05) is 23.7 Å². The lowest BCUT2D eigenvalue weighted by molar-refractivity contribution is -0.189. The summed E-state index contributed by atoms with van der Waals surface area (Å²) in [5, 5.41) is 18.3. The summed E-state index contributed by atoms with van der Waals surface area (Å²) in [4.78, 5) is 41.5. The van der Waals surface area contributed by atoms with Crippen molar-refractivity contribution in [3.8, 4) is 5.75 Å². The van der Waals surface area contributed by atoms with Crippen LogP contribution in [-0.4, -0.2) is 47.1 Å². The van der Waals surface area contributed by atoms with E-state index in [9.17, 15) is 32.7 Å². The molecule has 0 radical (unpaired) electrons.